The van der Waals surface area contributed by atoms with Crippen molar-refractivity contribution < 1.29 is 4.79 Å². The molecule has 1 aromatic carbocycles. The van der Waals surface area contributed by atoms with Crippen LogP contribution in [-0.2, 0) is 4.79 Å². The van der Waals surface area contributed by atoms with Gasteiger partial charge in [0, 0.05) is 37.8 Å². The zero-order chi connectivity index (χ0) is 17.8. The van der Waals surface area contributed by atoms with Gasteiger partial charge in [0.05, 0.1) is 0 Å². The lowest BCUT2D eigenvalue weighted by Gasteiger charge is -2.36. The van der Waals surface area contributed by atoms with Gasteiger partial charge in [0.2, 0.25) is 5.91 Å². The molecule has 0 atom stereocenters. The first kappa shape index (κ1) is 17.2. The number of nitrogens with zero attached hydrogens (tertiary/aromatic N) is 4. The number of carbonyl (C=O) groups excluding carboxylic acids is 1. The maximum atomic E-state index is 12.1. The number of carbonyl (C=O) groups is 1. The molecule has 132 valence electrons. The molecule has 25 heavy (non-hydrogen) atoms. The highest BCUT2D eigenvalue weighted by molar-refractivity contribution is 5.78. The van der Waals surface area contributed by atoms with Gasteiger partial charge in [0.25, 0.3) is 0 Å². The number of anilines is 3. The predicted octanol–water partition coefficient (Wildman–Crippen LogP) is 2.83. The highest BCUT2D eigenvalue weighted by atomic mass is 16.2. The van der Waals surface area contributed by atoms with Crippen molar-refractivity contribution in [2.24, 2.45) is 5.92 Å². The molecule has 0 unspecified atom stereocenters. The zero-order valence-corrected chi connectivity index (χ0v) is 15.1. The van der Waals surface area contributed by atoms with Gasteiger partial charge in [-0.05, 0) is 31.2 Å². The van der Waals surface area contributed by atoms with E-state index >= 15 is 0 Å². The lowest BCUT2D eigenvalue weighted by Crippen LogP contribution is -2.50. The molecule has 0 bridgehead atoms. The third kappa shape index (κ3) is 4.26. The Hall–Kier alpha value is -2.63. The van der Waals surface area contributed by atoms with Crippen LogP contribution < -0.4 is 10.2 Å². The highest BCUT2D eigenvalue weighted by Gasteiger charge is 2.23. The Morgan fingerprint density at radius 2 is 1.68 bits per heavy atom. The Balaban J connectivity index is 1.58. The molecule has 6 nitrogen and oxygen atoms in total. The minimum absolute atomic E-state index is 0.0541. The summed E-state index contributed by atoms with van der Waals surface area (Å²) in [5, 5.41) is 11.9. The van der Waals surface area contributed by atoms with E-state index < -0.39 is 0 Å². The van der Waals surface area contributed by atoms with Crippen molar-refractivity contribution in [3.63, 3.8) is 0 Å². The van der Waals surface area contributed by atoms with E-state index in [1.54, 1.807) is 0 Å². The van der Waals surface area contributed by atoms with Gasteiger partial charge in [-0.3, -0.25) is 4.79 Å². The number of hydrogen-bond donors (Lipinski definition) is 1. The molecule has 1 saturated heterocycles. The Labute approximate surface area is 148 Å². The molecule has 1 aliphatic heterocycles. The SMILES string of the molecule is Cc1ccc(Nc2ccc(N3CCN(C(=O)C(C)C)CC3)nn2)cc1. The molecule has 0 spiro atoms. The minimum atomic E-state index is 0.0541. The molecular formula is C19H25N5O. The van der Waals surface area contributed by atoms with Crippen molar-refractivity contribution in [1.82, 2.24) is 15.1 Å². The van der Waals surface area contributed by atoms with Crippen LogP contribution in [0.25, 0.3) is 0 Å². The summed E-state index contributed by atoms with van der Waals surface area (Å²) in [5.41, 5.74) is 2.22. The largest absolute Gasteiger partial charge is 0.352 e. The fourth-order valence-corrected chi connectivity index (χ4v) is 2.87. The normalized spacial score (nSPS) is 14.7. The monoisotopic (exact) mass is 339 g/mol. The van der Waals surface area contributed by atoms with E-state index in [0.29, 0.717) is 0 Å². The van der Waals surface area contributed by atoms with Crippen LogP contribution in [0, 0.1) is 12.8 Å². The molecule has 1 N–H and O–H groups in total. The predicted molar refractivity (Wildman–Crippen MR) is 100 cm³/mol. The summed E-state index contributed by atoms with van der Waals surface area (Å²) in [5.74, 6) is 1.86. The molecule has 3 rings (SSSR count). The zero-order valence-electron chi connectivity index (χ0n) is 15.1. The quantitative estimate of drug-likeness (QED) is 0.928. The number of aromatic nitrogens is 2. The van der Waals surface area contributed by atoms with Gasteiger partial charge >= 0.3 is 0 Å². The topological polar surface area (TPSA) is 61.4 Å². The third-order valence-corrected chi connectivity index (χ3v) is 4.38. The molecule has 0 radical (unpaired) electrons. The summed E-state index contributed by atoms with van der Waals surface area (Å²) in [6.45, 7) is 9.01. The van der Waals surface area contributed by atoms with Crippen LogP contribution in [0.5, 0.6) is 0 Å². The number of hydrogen-bond acceptors (Lipinski definition) is 5. The van der Waals surface area contributed by atoms with Crippen LogP contribution in [0.2, 0.25) is 0 Å². The molecule has 1 fully saturated rings. The summed E-state index contributed by atoms with van der Waals surface area (Å²) < 4.78 is 0. The van der Waals surface area contributed by atoms with Crippen LogP contribution in [0.4, 0.5) is 17.3 Å². The van der Waals surface area contributed by atoms with Gasteiger partial charge in [0.1, 0.15) is 0 Å². The maximum Gasteiger partial charge on any atom is 0.225 e. The molecule has 1 aromatic heterocycles. The lowest BCUT2D eigenvalue weighted by atomic mass is 10.1. The number of benzene rings is 1. The minimum Gasteiger partial charge on any atom is -0.352 e. The van der Waals surface area contributed by atoms with Crippen molar-refractivity contribution in [2.75, 3.05) is 36.4 Å². The summed E-state index contributed by atoms with van der Waals surface area (Å²) in [6.07, 6.45) is 0. The second kappa shape index (κ2) is 7.51. The first-order chi connectivity index (χ1) is 12.0. The number of piperazine rings is 1. The maximum absolute atomic E-state index is 12.1. The van der Waals surface area contributed by atoms with Crippen molar-refractivity contribution >= 4 is 23.2 Å². The lowest BCUT2D eigenvalue weighted by molar-refractivity contribution is -0.134. The molecule has 2 heterocycles. The summed E-state index contributed by atoms with van der Waals surface area (Å²) in [7, 11) is 0. The van der Waals surface area contributed by atoms with E-state index in [9.17, 15) is 4.79 Å². The van der Waals surface area contributed by atoms with Crippen LogP contribution in [0.15, 0.2) is 36.4 Å². The summed E-state index contributed by atoms with van der Waals surface area (Å²) >= 11 is 0. The van der Waals surface area contributed by atoms with Crippen LogP contribution >= 0.6 is 0 Å². The standard InChI is InChI=1S/C19H25N5O/c1-14(2)19(25)24-12-10-23(11-13-24)18-9-8-17(21-22-18)20-16-6-4-15(3)5-7-16/h4-9,14H,10-13H2,1-3H3,(H,20,21). The highest BCUT2D eigenvalue weighted by Crippen LogP contribution is 2.18. The number of nitrogens with one attached hydrogen (secondary N) is 1. The molecule has 0 aliphatic carbocycles. The van der Waals surface area contributed by atoms with Gasteiger partial charge < -0.3 is 15.1 Å². The van der Waals surface area contributed by atoms with Crippen molar-refractivity contribution in [1.29, 1.82) is 0 Å². The van der Waals surface area contributed by atoms with Crippen molar-refractivity contribution in [3.8, 4) is 0 Å². The summed E-state index contributed by atoms with van der Waals surface area (Å²) in [4.78, 5) is 16.2. The van der Waals surface area contributed by atoms with E-state index in [0.717, 1.165) is 43.5 Å². The van der Waals surface area contributed by atoms with Gasteiger partial charge in [-0.2, -0.15) is 0 Å². The smallest absolute Gasteiger partial charge is 0.225 e. The van der Waals surface area contributed by atoms with E-state index in [2.05, 4.69) is 39.5 Å². The average Bonchev–Trinajstić information content (AvgIpc) is 2.64. The number of rotatable bonds is 4. The van der Waals surface area contributed by atoms with Crippen LogP contribution in [0.3, 0.4) is 0 Å². The Morgan fingerprint density at radius 3 is 2.24 bits per heavy atom. The van der Waals surface area contributed by atoms with E-state index in [-0.39, 0.29) is 11.8 Å². The second-order valence-corrected chi connectivity index (χ2v) is 6.73. The molecule has 0 saturated carbocycles. The average molecular weight is 339 g/mol. The van der Waals surface area contributed by atoms with Crippen molar-refractivity contribution in [3.05, 3.63) is 42.0 Å². The van der Waals surface area contributed by atoms with Gasteiger partial charge in [-0.1, -0.05) is 31.5 Å². The molecule has 6 heteroatoms. The van der Waals surface area contributed by atoms with E-state index in [1.165, 1.54) is 5.56 Å². The Bertz CT molecular complexity index is 704. The fourth-order valence-electron chi connectivity index (χ4n) is 2.87. The first-order valence-electron chi connectivity index (χ1n) is 8.74. The summed E-state index contributed by atoms with van der Waals surface area (Å²) in [6, 6.07) is 12.1. The molecule has 1 amide bonds. The van der Waals surface area contributed by atoms with Crippen LogP contribution in [-0.4, -0.2) is 47.2 Å². The first-order valence-corrected chi connectivity index (χ1v) is 8.74. The second-order valence-electron chi connectivity index (χ2n) is 6.73. The van der Waals surface area contributed by atoms with Gasteiger partial charge in [0.15, 0.2) is 11.6 Å². The molecule has 2 aromatic rings. The van der Waals surface area contributed by atoms with Gasteiger partial charge in [-0.15, -0.1) is 10.2 Å². The number of amides is 1. The molecule has 1 aliphatic rings. The van der Waals surface area contributed by atoms with Gasteiger partial charge in [-0.25, -0.2) is 0 Å². The van der Waals surface area contributed by atoms with E-state index in [1.807, 2.05) is 43.0 Å². The third-order valence-electron chi connectivity index (χ3n) is 4.38. The Morgan fingerprint density at radius 1 is 1.00 bits per heavy atom. The fraction of sp³-hybridized carbons (Fsp3) is 0.421. The van der Waals surface area contributed by atoms with Crippen LogP contribution in [0.1, 0.15) is 19.4 Å². The van der Waals surface area contributed by atoms with Crippen molar-refractivity contribution in [2.45, 2.75) is 20.8 Å². The molecular weight excluding hydrogens is 314 g/mol. The number of aryl methyl sites for hydroxylation is 1. The van der Waals surface area contributed by atoms with E-state index in [4.69, 9.17) is 0 Å². The Kier molecular flexibility index (Phi) is 5.16.